The van der Waals surface area contributed by atoms with E-state index in [0.717, 1.165) is 0 Å². The minimum Gasteiger partial charge on any atom is -0.401 e. The third-order valence-electron chi connectivity index (χ3n) is 1.43. The Balaban J connectivity index is 3.91. The lowest BCUT2D eigenvalue weighted by molar-refractivity contribution is 0.493. The van der Waals surface area contributed by atoms with E-state index >= 15 is 0 Å². The van der Waals surface area contributed by atoms with Crippen LogP contribution < -0.4 is 11.1 Å². The van der Waals surface area contributed by atoms with Gasteiger partial charge in [0.2, 0.25) is 0 Å². The molecule has 0 bridgehead atoms. The fourth-order valence-corrected chi connectivity index (χ4v) is 0.161. The number of hydrogen-bond donors (Lipinski definition) is 2. The van der Waals surface area contributed by atoms with Crippen molar-refractivity contribution in [1.29, 1.82) is 0 Å². The maximum Gasteiger partial charge on any atom is 0.0515 e. The summed E-state index contributed by atoms with van der Waals surface area (Å²) in [6.07, 6.45) is 0. The molecule has 48 valence electrons. The fraction of sp³-hybridized carbons (Fsp3) is 0.667. The van der Waals surface area contributed by atoms with Crippen LogP contribution in [0.4, 0.5) is 0 Å². The quantitative estimate of drug-likeness (QED) is 0.547. The molecular formula is C6H14N2. The van der Waals surface area contributed by atoms with Gasteiger partial charge in [-0.05, 0) is 20.9 Å². The van der Waals surface area contributed by atoms with E-state index in [2.05, 4.69) is 11.9 Å². The smallest absolute Gasteiger partial charge is 0.0515 e. The Hall–Kier alpha value is -0.500. The van der Waals surface area contributed by atoms with E-state index in [4.69, 9.17) is 5.73 Å². The molecule has 0 heterocycles. The zero-order chi connectivity index (χ0) is 6.78. The average molecular weight is 114 g/mol. The summed E-state index contributed by atoms with van der Waals surface area (Å²) < 4.78 is 0. The molecule has 3 N–H and O–H groups in total. The molecule has 0 amide bonds. The Morgan fingerprint density at radius 1 is 1.62 bits per heavy atom. The summed E-state index contributed by atoms with van der Waals surface area (Å²) in [6, 6.07) is 0. The van der Waals surface area contributed by atoms with Crippen molar-refractivity contribution in [1.82, 2.24) is 5.32 Å². The minimum atomic E-state index is -0.125. The number of hydrogen-bond acceptors (Lipinski definition) is 2. The second kappa shape index (κ2) is 2.18. The predicted octanol–water partition coefficient (Wildman–Crippen LogP) is 0.457. The lowest BCUT2D eigenvalue weighted by atomic mass is 10.0. The van der Waals surface area contributed by atoms with Gasteiger partial charge in [0.1, 0.15) is 0 Å². The Morgan fingerprint density at radius 3 is 2.00 bits per heavy atom. The zero-order valence-electron chi connectivity index (χ0n) is 5.78. The van der Waals surface area contributed by atoms with Gasteiger partial charge in [-0.3, -0.25) is 0 Å². The Kier molecular flexibility index (Phi) is 2.04. The molecule has 0 aromatic rings. The number of likely N-dealkylation sites (N-methyl/N-ethyl adjacent to an activating group) is 1. The van der Waals surface area contributed by atoms with Crippen molar-refractivity contribution in [3.05, 3.63) is 12.3 Å². The molecule has 0 aliphatic heterocycles. The Bertz CT molecular complexity index is 94.7. The van der Waals surface area contributed by atoms with E-state index in [9.17, 15) is 0 Å². The maximum absolute atomic E-state index is 5.42. The van der Waals surface area contributed by atoms with Crippen LogP contribution in [0.5, 0.6) is 0 Å². The molecule has 0 fully saturated rings. The third-order valence-corrected chi connectivity index (χ3v) is 1.43. The molecule has 0 radical (unpaired) electrons. The standard InChI is InChI=1S/C6H14N2/c1-5(7)6(2,3)8-4/h8H,1,7H2,2-4H3. The van der Waals surface area contributed by atoms with Crippen LogP contribution in [-0.2, 0) is 0 Å². The molecule has 0 rings (SSSR count). The topological polar surface area (TPSA) is 38.0 Å². The van der Waals surface area contributed by atoms with Crippen LogP contribution in [0.25, 0.3) is 0 Å². The molecule has 0 aliphatic carbocycles. The Morgan fingerprint density at radius 2 is 2.00 bits per heavy atom. The van der Waals surface area contributed by atoms with Gasteiger partial charge in [0, 0.05) is 5.70 Å². The van der Waals surface area contributed by atoms with E-state index in [0.29, 0.717) is 5.70 Å². The van der Waals surface area contributed by atoms with Crippen molar-refractivity contribution >= 4 is 0 Å². The van der Waals surface area contributed by atoms with Crippen LogP contribution in [0.15, 0.2) is 12.3 Å². The lowest BCUT2D eigenvalue weighted by Crippen LogP contribution is -2.40. The maximum atomic E-state index is 5.42. The number of rotatable bonds is 2. The summed E-state index contributed by atoms with van der Waals surface area (Å²) in [4.78, 5) is 0. The largest absolute Gasteiger partial charge is 0.401 e. The van der Waals surface area contributed by atoms with Gasteiger partial charge >= 0.3 is 0 Å². The molecular weight excluding hydrogens is 100 g/mol. The van der Waals surface area contributed by atoms with Crippen molar-refractivity contribution in [3.63, 3.8) is 0 Å². The highest BCUT2D eigenvalue weighted by Crippen LogP contribution is 2.05. The Labute approximate surface area is 50.8 Å². The average Bonchev–Trinajstić information content (AvgIpc) is 1.67. The van der Waals surface area contributed by atoms with Gasteiger partial charge < -0.3 is 11.1 Å². The fourth-order valence-electron chi connectivity index (χ4n) is 0.161. The van der Waals surface area contributed by atoms with Crippen LogP contribution in [0.1, 0.15) is 13.8 Å². The van der Waals surface area contributed by atoms with Crippen molar-refractivity contribution in [2.24, 2.45) is 5.73 Å². The first kappa shape index (κ1) is 7.50. The summed E-state index contributed by atoms with van der Waals surface area (Å²) in [5.41, 5.74) is 5.97. The molecule has 0 spiro atoms. The van der Waals surface area contributed by atoms with Gasteiger partial charge in [-0.1, -0.05) is 6.58 Å². The first-order valence-electron chi connectivity index (χ1n) is 2.64. The van der Waals surface area contributed by atoms with E-state index in [1.807, 2.05) is 20.9 Å². The molecule has 2 nitrogen and oxygen atoms in total. The summed E-state index contributed by atoms with van der Waals surface area (Å²) in [5, 5.41) is 3.02. The molecule has 0 aromatic heterocycles. The molecule has 0 atom stereocenters. The summed E-state index contributed by atoms with van der Waals surface area (Å²) in [6.45, 7) is 7.58. The van der Waals surface area contributed by atoms with E-state index in [1.165, 1.54) is 0 Å². The monoisotopic (exact) mass is 114 g/mol. The van der Waals surface area contributed by atoms with Crippen molar-refractivity contribution < 1.29 is 0 Å². The van der Waals surface area contributed by atoms with Gasteiger partial charge in [0.05, 0.1) is 5.54 Å². The van der Waals surface area contributed by atoms with E-state index < -0.39 is 0 Å². The summed E-state index contributed by atoms with van der Waals surface area (Å²) in [7, 11) is 1.86. The number of nitrogens with two attached hydrogens (primary N) is 1. The highest BCUT2D eigenvalue weighted by Gasteiger charge is 2.14. The van der Waals surface area contributed by atoms with Crippen molar-refractivity contribution in [2.45, 2.75) is 19.4 Å². The van der Waals surface area contributed by atoms with E-state index in [1.54, 1.807) is 0 Å². The van der Waals surface area contributed by atoms with Gasteiger partial charge in [0.15, 0.2) is 0 Å². The first-order valence-corrected chi connectivity index (χ1v) is 2.64. The van der Waals surface area contributed by atoms with Crippen molar-refractivity contribution in [3.8, 4) is 0 Å². The predicted molar refractivity (Wildman–Crippen MR) is 36.5 cm³/mol. The van der Waals surface area contributed by atoms with Crippen LogP contribution in [-0.4, -0.2) is 12.6 Å². The molecule has 0 aromatic carbocycles. The van der Waals surface area contributed by atoms with Gasteiger partial charge in [-0.15, -0.1) is 0 Å². The summed E-state index contributed by atoms with van der Waals surface area (Å²) >= 11 is 0. The minimum absolute atomic E-state index is 0.125. The molecule has 0 saturated heterocycles. The summed E-state index contributed by atoms with van der Waals surface area (Å²) in [5.74, 6) is 0. The first-order chi connectivity index (χ1) is 3.50. The van der Waals surface area contributed by atoms with Crippen LogP contribution in [0.3, 0.4) is 0 Å². The zero-order valence-corrected chi connectivity index (χ0v) is 5.78. The normalized spacial score (nSPS) is 11.4. The van der Waals surface area contributed by atoms with Crippen LogP contribution >= 0.6 is 0 Å². The van der Waals surface area contributed by atoms with E-state index in [-0.39, 0.29) is 5.54 Å². The lowest BCUT2D eigenvalue weighted by Gasteiger charge is -2.23. The highest BCUT2D eigenvalue weighted by atomic mass is 14.9. The molecule has 8 heavy (non-hydrogen) atoms. The SMILES string of the molecule is C=C(N)C(C)(C)NC. The van der Waals surface area contributed by atoms with Gasteiger partial charge in [0.25, 0.3) is 0 Å². The molecule has 2 heteroatoms. The molecule has 0 unspecified atom stereocenters. The number of nitrogens with one attached hydrogen (secondary N) is 1. The molecule has 0 aliphatic rings. The van der Waals surface area contributed by atoms with Crippen LogP contribution in [0.2, 0.25) is 0 Å². The molecule has 0 saturated carbocycles. The third kappa shape index (κ3) is 1.54. The second-order valence-corrected chi connectivity index (χ2v) is 2.40. The van der Waals surface area contributed by atoms with Crippen molar-refractivity contribution in [2.75, 3.05) is 7.05 Å². The van der Waals surface area contributed by atoms with Gasteiger partial charge in [-0.25, -0.2) is 0 Å². The van der Waals surface area contributed by atoms with Gasteiger partial charge in [-0.2, -0.15) is 0 Å². The van der Waals surface area contributed by atoms with Crippen LogP contribution in [0, 0.1) is 0 Å². The second-order valence-electron chi connectivity index (χ2n) is 2.40. The highest BCUT2D eigenvalue weighted by molar-refractivity contribution is 5.07.